The number of nitrogens with two attached hydrogens (primary N) is 1. The third-order valence-electron chi connectivity index (χ3n) is 2.92. The maximum atomic E-state index is 5.59. The van der Waals surface area contributed by atoms with Gasteiger partial charge in [-0.25, -0.2) is 4.98 Å². The highest BCUT2D eigenvalue weighted by Gasteiger charge is 2.21. The summed E-state index contributed by atoms with van der Waals surface area (Å²) in [7, 11) is 0. The Hall–Kier alpha value is -0.870. The summed E-state index contributed by atoms with van der Waals surface area (Å²) in [6.45, 7) is 4.75. The van der Waals surface area contributed by atoms with E-state index in [9.17, 15) is 0 Å². The van der Waals surface area contributed by atoms with Crippen molar-refractivity contribution in [3.05, 3.63) is 17.3 Å². The van der Waals surface area contributed by atoms with Crippen LogP contribution in [0, 0.1) is 6.92 Å². The highest BCUT2D eigenvalue weighted by atomic mass is 16.4. The van der Waals surface area contributed by atoms with Crippen LogP contribution in [0.25, 0.3) is 0 Å². The molecule has 1 aliphatic heterocycles. The summed E-state index contributed by atoms with van der Waals surface area (Å²) in [4.78, 5) is 4.54. The van der Waals surface area contributed by atoms with Crippen LogP contribution in [0.4, 0.5) is 0 Å². The molecular weight excluding hydrogens is 190 g/mol. The van der Waals surface area contributed by atoms with Crippen molar-refractivity contribution in [2.45, 2.75) is 32.1 Å². The fraction of sp³-hybridized carbons (Fsp3) is 0.727. The van der Waals surface area contributed by atoms with Crippen LogP contribution >= 0.6 is 0 Å². The van der Waals surface area contributed by atoms with E-state index in [0.29, 0.717) is 12.5 Å². The van der Waals surface area contributed by atoms with Crippen LogP contribution in [0.3, 0.4) is 0 Å². The number of hydrogen-bond donors (Lipinski definition) is 2. The number of piperidine rings is 1. The predicted molar refractivity (Wildman–Crippen MR) is 58.8 cm³/mol. The Morgan fingerprint density at radius 2 is 2.47 bits per heavy atom. The zero-order chi connectivity index (χ0) is 10.7. The van der Waals surface area contributed by atoms with E-state index < -0.39 is 0 Å². The molecule has 84 valence electrons. The highest BCUT2D eigenvalue weighted by Crippen LogP contribution is 2.25. The summed E-state index contributed by atoms with van der Waals surface area (Å²) in [5.74, 6) is 2.27. The molecule has 0 aliphatic carbocycles. The molecule has 4 heteroatoms. The van der Waals surface area contributed by atoms with Crippen LogP contribution < -0.4 is 11.1 Å². The molecule has 1 aromatic rings. The minimum atomic E-state index is 0.522. The maximum Gasteiger partial charge on any atom is 0.195 e. The lowest BCUT2D eigenvalue weighted by Gasteiger charge is -2.21. The van der Waals surface area contributed by atoms with Gasteiger partial charge < -0.3 is 15.5 Å². The third kappa shape index (κ3) is 2.38. The zero-order valence-corrected chi connectivity index (χ0v) is 9.25. The van der Waals surface area contributed by atoms with Crippen molar-refractivity contribution >= 4 is 0 Å². The van der Waals surface area contributed by atoms with Crippen molar-refractivity contribution in [3.8, 4) is 0 Å². The summed E-state index contributed by atoms with van der Waals surface area (Å²) < 4.78 is 5.59. The average Bonchev–Trinajstić information content (AvgIpc) is 2.61. The van der Waals surface area contributed by atoms with E-state index in [2.05, 4.69) is 10.3 Å². The summed E-state index contributed by atoms with van der Waals surface area (Å²) in [5, 5.41) is 3.40. The average molecular weight is 209 g/mol. The molecule has 1 fully saturated rings. The van der Waals surface area contributed by atoms with Crippen LogP contribution in [0.1, 0.15) is 36.1 Å². The van der Waals surface area contributed by atoms with E-state index in [1.807, 2.05) is 6.92 Å². The van der Waals surface area contributed by atoms with Gasteiger partial charge >= 0.3 is 0 Å². The predicted octanol–water partition coefficient (Wildman–Crippen LogP) is 0.951. The van der Waals surface area contributed by atoms with Gasteiger partial charge in [0.05, 0.1) is 5.69 Å². The molecular formula is C11H19N3O. The second-order valence-electron chi connectivity index (χ2n) is 4.13. The van der Waals surface area contributed by atoms with Gasteiger partial charge in [-0.2, -0.15) is 0 Å². The SMILES string of the molecule is Cc1oc(CCN)nc1C1CCCNC1. The van der Waals surface area contributed by atoms with Crippen molar-refractivity contribution < 1.29 is 4.42 Å². The summed E-state index contributed by atoms with van der Waals surface area (Å²) in [6, 6.07) is 0. The monoisotopic (exact) mass is 209 g/mol. The van der Waals surface area contributed by atoms with Gasteiger partial charge in [0.25, 0.3) is 0 Å². The van der Waals surface area contributed by atoms with Gasteiger partial charge in [0.1, 0.15) is 5.76 Å². The zero-order valence-electron chi connectivity index (χ0n) is 9.25. The van der Waals surface area contributed by atoms with Gasteiger partial charge in [-0.3, -0.25) is 0 Å². The standard InChI is InChI=1S/C11H19N3O/c1-8-11(9-3-2-6-13-7-9)14-10(15-8)4-5-12/h9,13H,2-7,12H2,1H3. The molecule has 3 N–H and O–H groups in total. The van der Waals surface area contributed by atoms with Crippen molar-refractivity contribution in [1.82, 2.24) is 10.3 Å². The van der Waals surface area contributed by atoms with Crippen molar-refractivity contribution in [2.75, 3.05) is 19.6 Å². The maximum absolute atomic E-state index is 5.59. The van der Waals surface area contributed by atoms with Crippen LogP contribution in [-0.2, 0) is 6.42 Å². The molecule has 1 saturated heterocycles. The molecule has 0 aromatic carbocycles. The Kier molecular flexibility index (Phi) is 3.38. The van der Waals surface area contributed by atoms with Crippen LogP contribution in [0.5, 0.6) is 0 Å². The number of aromatic nitrogens is 1. The van der Waals surface area contributed by atoms with E-state index in [-0.39, 0.29) is 0 Å². The fourth-order valence-corrected chi connectivity index (χ4v) is 2.16. The molecule has 2 heterocycles. The van der Waals surface area contributed by atoms with E-state index >= 15 is 0 Å². The summed E-state index contributed by atoms with van der Waals surface area (Å²) in [5.41, 5.74) is 6.62. The molecule has 1 atom stereocenters. The Bertz CT molecular complexity index is 316. The number of rotatable bonds is 3. The van der Waals surface area contributed by atoms with Gasteiger partial charge in [0, 0.05) is 25.4 Å². The largest absolute Gasteiger partial charge is 0.446 e. The molecule has 15 heavy (non-hydrogen) atoms. The first-order valence-electron chi connectivity index (χ1n) is 5.68. The fourth-order valence-electron chi connectivity index (χ4n) is 2.16. The molecule has 0 spiro atoms. The Balaban J connectivity index is 2.11. The normalized spacial score (nSPS) is 21.9. The lowest BCUT2D eigenvalue weighted by Crippen LogP contribution is -2.28. The summed E-state index contributed by atoms with van der Waals surface area (Å²) in [6.07, 6.45) is 3.17. The number of oxazole rings is 1. The second-order valence-corrected chi connectivity index (χ2v) is 4.13. The van der Waals surface area contributed by atoms with Crippen LogP contribution in [-0.4, -0.2) is 24.6 Å². The molecule has 1 aromatic heterocycles. The van der Waals surface area contributed by atoms with Crippen molar-refractivity contribution in [2.24, 2.45) is 5.73 Å². The summed E-state index contributed by atoms with van der Waals surface area (Å²) >= 11 is 0. The third-order valence-corrected chi connectivity index (χ3v) is 2.92. The Morgan fingerprint density at radius 1 is 1.60 bits per heavy atom. The lowest BCUT2D eigenvalue weighted by molar-refractivity contribution is 0.444. The van der Waals surface area contributed by atoms with Crippen molar-refractivity contribution in [1.29, 1.82) is 0 Å². The molecule has 2 rings (SSSR count). The van der Waals surface area contributed by atoms with E-state index in [1.54, 1.807) is 0 Å². The molecule has 0 bridgehead atoms. The van der Waals surface area contributed by atoms with Gasteiger partial charge in [0.2, 0.25) is 0 Å². The number of nitrogens with zero attached hydrogens (tertiary/aromatic N) is 1. The molecule has 1 unspecified atom stereocenters. The number of nitrogens with one attached hydrogen (secondary N) is 1. The Labute approximate surface area is 90.2 Å². The van der Waals surface area contributed by atoms with E-state index in [4.69, 9.17) is 10.2 Å². The van der Waals surface area contributed by atoms with Gasteiger partial charge in [0.15, 0.2) is 5.89 Å². The first-order valence-corrected chi connectivity index (χ1v) is 5.68. The molecule has 0 saturated carbocycles. The van der Waals surface area contributed by atoms with Gasteiger partial charge in [-0.15, -0.1) is 0 Å². The smallest absolute Gasteiger partial charge is 0.195 e. The first kappa shape index (κ1) is 10.6. The van der Waals surface area contributed by atoms with Crippen LogP contribution in [0.15, 0.2) is 4.42 Å². The minimum Gasteiger partial charge on any atom is -0.446 e. The van der Waals surface area contributed by atoms with Gasteiger partial charge in [-0.05, 0) is 26.3 Å². The molecule has 0 radical (unpaired) electrons. The minimum absolute atomic E-state index is 0.522. The molecule has 4 nitrogen and oxygen atoms in total. The molecule has 1 aliphatic rings. The van der Waals surface area contributed by atoms with E-state index in [0.717, 1.165) is 36.9 Å². The molecule has 0 amide bonds. The van der Waals surface area contributed by atoms with Crippen LogP contribution in [0.2, 0.25) is 0 Å². The quantitative estimate of drug-likeness (QED) is 0.778. The second kappa shape index (κ2) is 4.77. The van der Waals surface area contributed by atoms with E-state index in [1.165, 1.54) is 12.8 Å². The van der Waals surface area contributed by atoms with Gasteiger partial charge in [-0.1, -0.05) is 0 Å². The lowest BCUT2D eigenvalue weighted by atomic mass is 9.95. The number of hydrogen-bond acceptors (Lipinski definition) is 4. The first-order chi connectivity index (χ1) is 7.31. The topological polar surface area (TPSA) is 64.1 Å². The number of aryl methyl sites for hydroxylation is 1. The highest BCUT2D eigenvalue weighted by molar-refractivity contribution is 5.15. The van der Waals surface area contributed by atoms with Crippen molar-refractivity contribution in [3.63, 3.8) is 0 Å². The Morgan fingerprint density at radius 3 is 3.13 bits per heavy atom.